The van der Waals surface area contributed by atoms with Crippen molar-refractivity contribution >= 4 is 22.8 Å². The Kier molecular flexibility index (Phi) is 5.58. The van der Waals surface area contributed by atoms with Crippen molar-refractivity contribution in [3.05, 3.63) is 35.5 Å². The molecule has 1 aliphatic rings. The molecule has 1 aliphatic heterocycles. The zero-order valence-electron chi connectivity index (χ0n) is 15.3. The van der Waals surface area contributed by atoms with Crippen LogP contribution in [0.4, 0.5) is 0 Å². The number of aromatic nitrogens is 1. The van der Waals surface area contributed by atoms with Crippen molar-refractivity contribution in [2.45, 2.75) is 19.9 Å². The third kappa shape index (κ3) is 3.89. The van der Waals surface area contributed by atoms with Crippen LogP contribution in [0, 0.1) is 6.92 Å². The number of aryl methyl sites for hydroxylation is 1. The SMILES string of the molecule is CCNC(=O)CN1CCN(C(C(=O)O)c2c[nH]c3ccc(C)cc23)CC1. The van der Waals surface area contributed by atoms with E-state index in [1.165, 1.54) is 0 Å². The molecule has 0 bridgehead atoms. The quantitative estimate of drug-likeness (QED) is 0.726. The number of aliphatic carboxylic acids is 1. The molecule has 1 saturated heterocycles. The van der Waals surface area contributed by atoms with Gasteiger partial charge in [0, 0.05) is 55.4 Å². The molecule has 140 valence electrons. The van der Waals surface area contributed by atoms with Crippen molar-refractivity contribution in [1.29, 1.82) is 0 Å². The lowest BCUT2D eigenvalue weighted by atomic mass is 10.0. The highest BCUT2D eigenvalue weighted by molar-refractivity contribution is 5.89. The van der Waals surface area contributed by atoms with Gasteiger partial charge in [0.2, 0.25) is 5.91 Å². The zero-order chi connectivity index (χ0) is 18.7. The van der Waals surface area contributed by atoms with Gasteiger partial charge in [-0.05, 0) is 26.0 Å². The molecule has 0 spiro atoms. The van der Waals surface area contributed by atoms with Crippen LogP contribution < -0.4 is 5.32 Å². The van der Waals surface area contributed by atoms with Crippen LogP contribution in [0.5, 0.6) is 0 Å². The van der Waals surface area contributed by atoms with Gasteiger partial charge >= 0.3 is 5.97 Å². The number of aromatic amines is 1. The average molecular weight is 358 g/mol. The van der Waals surface area contributed by atoms with E-state index in [0.29, 0.717) is 39.3 Å². The molecular formula is C19H26N4O3. The Bertz CT molecular complexity index is 793. The van der Waals surface area contributed by atoms with Crippen molar-refractivity contribution in [2.75, 3.05) is 39.3 Å². The summed E-state index contributed by atoms with van der Waals surface area (Å²) in [6.07, 6.45) is 1.81. The standard InChI is InChI=1S/C19H26N4O3/c1-3-20-17(24)12-22-6-8-23(9-7-22)18(19(25)26)15-11-21-16-5-4-13(2)10-14(15)16/h4-5,10-11,18,21H,3,6-9,12H2,1-2H3,(H,20,24)(H,25,26). The molecule has 7 heteroatoms. The Balaban J connectivity index is 1.74. The van der Waals surface area contributed by atoms with Crippen molar-refractivity contribution in [3.8, 4) is 0 Å². The van der Waals surface area contributed by atoms with Gasteiger partial charge in [-0.1, -0.05) is 11.6 Å². The number of piperazine rings is 1. The number of hydrogen-bond acceptors (Lipinski definition) is 4. The summed E-state index contributed by atoms with van der Waals surface area (Å²) in [6, 6.07) is 5.34. The summed E-state index contributed by atoms with van der Waals surface area (Å²) in [7, 11) is 0. The lowest BCUT2D eigenvalue weighted by Gasteiger charge is -2.37. The largest absolute Gasteiger partial charge is 0.480 e. The predicted molar refractivity (Wildman–Crippen MR) is 100 cm³/mol. The van der Waals surface area contributed by atoms with Crippen molar-refractivity contribution in [2.24, 2.45) is 0 Å². The van der Waals surface area contributed by atoms with E-state index in [0.717, 1.165) is 22.0 Å². The Labute approximate surface area is 153 Å². The van der Waals surface area contributed by atoms with E-state index in [-0.39, 0.29) is 5.91 Å². The second kappa shape index (κ2) is 7.88. The molecule has 26 heavy (non-hydrogen) atoms. The zero-order valence-corrected chi connectivity index (χ0v) is 15.3. The molecule has 1 aromatic heterocycles. The van der Waals surface area contributed by atoms with Crippen LogP contribution in [0.2, 0.25) is 0 Å². The number of carboxylic acid groups (broad SMARTS) is 1. The van der Waals surface area contributed by atoms with Gasteiger partial charge in [-0.2, -0.15) is 0 Å². The van der Waals surface area contributed by atoms with Gasteiger partial charge < -0.3 is 15.4 Å². The monoisotopic (exact) mass is 358 g/mol. The smallest absolute Gasteiger partial charge is 0.325 e. The van der Waals surface area contributed by atoms with E-state index in [2.05, 4.69) is 15.2 Å². The number of carbonyl (C=O) groups is 2. The Morgan fingerprint density at radius 1 is 1.27 bits per heavy atom. The third-order valence-electron chi connectivity index (χ3n) is 4.91. The fourth-order valence-electron chi connectivity index (χ4n) is 3.60. The molecule has 1 unspecified atom stereocenters. The summed E-state index contributed by atoms with van der Waals surface area (Å²) in [5.74, 6) is -0.826. The highest BCUT2D eigenvalue weighted by atomic mass is 16.4. The topological polar surface area (TPSA) is 88.7 Å². The van der Waals surface area contributed by atoms with Crippen LogP contribution >= 0.6 is 0 Å². The van der Waals surface area contributed by atoms with Gasteiger partial charge in [-0.15, -0.1) is 0 Å². The number of carbonyl (C=O) groups excluding carboxylic acids is 1. The van der Waals surface area contributed by atoms with E-state index in [4.69, 9.17) is 0 Å². The first-order valence-corrected chi connectivity index (χ1v) is 9.03. The number of likely N-dealkylation sites (N-methyl/N-ethyl adjacent to an activating group) is 1. The summed E-state index contributed by atoms with van der Waals surface area (Å²) in [6.45, 7) is 7.50. The maximum absolute atomic E-state index is 12.0. The highest BCUT2D eigenvalue weighted by Crippen LogP contribution is 2.30. The molecule has 0 saturated carbocycles. The fraction of sp³-hybridized carbons (Fsp3) is 0.474. The van der Waals surface area contributed by atoms with Gasteiger partial charge in [-0.25, -0.2) is 0 Å². The molecular weight excluding hydrogens is 332 g/mol. The number of H-pyrrole nitrogens is 1. The van der Waals surface area contributed by atoms with E-state index in [1.807, 2.05) is 43.1 Å². The van der Waals surface area contributed by atoms with Crippen LogP contribution in [0.25, 0.3) is 10.9 Å². The average Bonchev–Trinajstić information content (AvgIpc) is 2.99. The second-order valence-corrected chi connectivity index (χ2v) is 6.80. The molecule has 3 N–H and O–H groups in total. The molecule has 0 aliphatic carbocycles. The van der Waals surface area contributed by atoms with E-state index in [9.17, 15) is 14.7 Å². The van der Waals surface area contributed by atoms with Gasteiger partial charge in [0.25, 0.3) is 0 Å². The fourth-order valence-corrected chi connectivity index (χ4v) is 3.60. The third-order valence-corrected chi connectivity index (χ3v) is 4.91. The molecule has 3 rings (SSSR count). The van der Waals surface area contributed by atoms with Gasteiger partial charge in [0.15, 0.2) is 0 Å². The predicted octanol–water partition coefficient (Wildman–Crippen LogP) is 1.36. The van der Waals surface area contributed by atoms with Crippen LogP contribution in [0.3, 0.4) is 0 Å². The summed E-state index contributed by atoms with van der Waals surface area (Å²) in [5.41, 5.74) is 2.86. The first-order valence-electron chi connectivity index (χ1n) is 9.03. The number of hydrogen-bond donors (Lipinski definition) is 3. The van der Waals surface area contributed by atoms with Crippen LogP contribution in [-0.2, 0) is 9.59 Å². The van der Waals surface area contributed by atoms with E-state index >= 15 is 0 Å². The number of nitrogens with zero attached hydrogens (tertiary/aromatic N) is 2. The van der Waals surface area contributed by atoms with E-state index in [1.54, 1.807) is 0 Å². The van der Waals surface area contributed by atoms with Crippen LogP contribution in [0.1, 0.15) is 24.1 Å². The minimum absolute atomic E-state index is 0.0165. The number of carboxylic acids is 1. The molecule has 1 amide bonds. The maximum atomic E-state index is 12.0. The lowest BCUT2D eigenvalue weighted by molar-refractivity contribution is -0.144. The second-order valence-electron chi connectivity index (χ2n) is 6.80. The molecule has 2 heterocycles. The van der Waals surface area contributed by atoms with Gasteiger partial charge in [-0.3, -0.25) is 19.4 Å². The van der Waals surface area contributed by atoms with E-state index < -0.39 is 12.0 Å². The molecule has 1 atom stereocenters. The molecule has 2 aromatic rings. The minimum atomic E-state index is -0.843. The summed E-state index contributed by atoms with van der Waals surface area (Å²) >= 11 is 0. The Morgan fingerprint density at radius 3 is 2.65 bits per heavy atom. The Morgan fingerprint density at radius 2 is 2.00 bits per heavy atom. The molecule has 1 aromatic carbocycles. The number of nitrogens with one attached hydrogen (secondary N) is 2. The molecule has 7 nitrogen and oxygen atoms in total. The lowest BCUT2D eigenvalue weighted by Crippen LogP contribution is -2.51. The minimum Gasteiger partial charge on any atom is -0.480 e. The first-order chi connectivity index (χ1) is 12.5. The number of amides is 1. The Hall–Kier alpha value is -2.38. The summed E-state index contributed by atoms with van der Waals surface area (Å²) < 4.78 is 0. The van der Waals surface area contributed by atoms with Crippen molar-refractivity contribution in [1.82, 2.24) is 20.1 Å². The van der Waals surface area contributed by atoms with Gasteiger partial charge in [0.1, 0.15) is 6.04 Å². The number of benzene rings is 1. The van der Waals surface area contributed by atoms with Crippen molar-refractivity contribution in [3.63, 3.8) is 0 Å². The molecule has 0 radical (unpaired) electrons. The van der Waals surface area contributed by atoms with Crippen LogP contribution in [-0.4, -0.2) is 71.0 Å². The van der Waals surface area contributed by atoms with Crippen molar-refractivity contribution < 1.29 is 14.7 Å². The maximum Gasteiger partial charge on any atom is 0.325 e. The normalized spacial score (nSPS) is 17.3. The first kappa shape index (κ1) is 18.4. The number of fused-ring (bicyclic) bond motifs is 1. The highest BCUT2D eigenvalue weighted by Gasteiger charge is 2.32. The molecule has 1 fully saturated rings. The summed E-state index contributed by atoms with van der Waals surface area (Å²) in [5, 5.41) is 13.6. The number of rotatable bonds is 6. The van der Waals surface area contributed by atoms with Gasteiger partial charge in [0.05, 0.1) is 6.54 Å². The van der Waals surface area contributed by atoms with Crippen LogP contribution in [0.15, 0.2) is 24.4 Å². The summed E-state index contributed by atoms with van der Waals surface area (Å²) in [4.78, 5) is 31.0.